The molecule has 1 heterocycles. The topological polar surface area (TPSA) is 73.0 Å². The molecule has 8 heteroatoms. The minimum atomic E-state index is -1.20. The second-order valence-corrected chi connectivity index (χ2v) is 3.74. The van der Waals surface area contributed by atoms with Gasteiger partial charge >= 0.3 is 5.69 Å². The molecule has 0 aliphatic heterocycles. The Hall–Kier alpha value is -2.51. The van der Waals surface area contributed by atoms with E-state index >= 15 is 0 Å². The first-order chi connectivity index (χ1) is 9.08. The molecule has 100 valence electrons. The Balaban J connectivity index is 2.12. The fourth-order valence-electron chi connectivity index (χ4n) is 1.62. The SMILES string of the molecule is O=[N+]([O-])c1c(F)cc(F)cc1NCCn1cccn1. The van der Waals surface area contributed by atoms with Gasteiger partial charge in [0.15, 0.2) is 0 Å². The summed E-state index contributed by atoms with van der Waals surface area (Å²) < 4.78 is 28.0. The average Bonchev–Trinajstić information content (AvgIpc) is 2.80. The number of hydrogen-bond donors (Lipinski definition) is 1. The average molecular weight is 268 g/mol. The molecule has 0 saturated heterocycles. The Kier molecular flexibility index (Phi) is 3.69. The van der Waals surface area contributed by atoms with Crippen molar-refractivity contribution in [1.29, 1.82) is 0 Å². The fourth-order valence-corrected chi connectivity index (χ4v) is 1.62. The second-order valence-electron chi connectivity index (χ2n) is 3.74. The number of halogens is 2. The van der Waals surface area contributed by atoms with Gasteiger partial charge < -0.3 is 5.32 Å². The summed E-state index contributed by atoms with van der Waals surface area (Å²) in [6.45, 7) is 0.674. The molecule has 0 saturated carbocycles. The third-order valence-electron chi connectivity index (χ3n) is 2.43. The lowest BCUT2D eigenvalue weighted by Gasteiger charge is -2.08. The van der Waals surface area contributed by atoms with Crippen molar-refractivity contribution in [2.75, 3.05) is 11.9 Å². The largest absolute Gasteiger partial charge is 0.377 e. The molecular formula is C11H10F2N4O2. The first kappa shape index (κ1) is 12.9. The third-order valence-corrected chi connectivity index (χ3v) is 2.43. The zero-order valence-corrected chi connectivity index (χ0v) is 9.72. The first-order valence-corrected chi connectivity index (χ1v) is 5.42. The van der Waals surface area contributed by atoms with Crippen LogP contribution in [0, 0.1) is 21.7 Å². The van der Waals surface area contributed by atoms with E-state index in [9.17, 15) is 18.9 Å². The van der Waals surface area contributed by atoms with E-state index in [2.05, 4.69) is 10.4 Å². The number of nitro groups is 1. The molecule has 0 atom stereocenters. The lowest BCUT2D eigenvalue weighted by atomic mass is 10.2. The summed E-state index contributed by atoms with van der Waals surface area (Å²) in [7, 11) is 0. The van der Waals surface area contributed by atoms with Crippen molar-refractivity contribution < 1.29 is 13.7 Å². The van der Waals surface area contributed by atoms with E-state index in [4.69, 9.17) is 0 Å². The van der Waals surface area contributed by atoms with Crippen LogP contribution in [0.4, 0.5) is 20.2 Å². The van der Waals surface area contributed by atoms with Crippen LogP contribution in [0.2, 0.25) is 0 Å². The van der Waals surface area contributed by atoms with Crippen molar-refractivity contribution in [2.45, 2.75) is 6.54 Å². The molecule has 0 radical (unpaired) electrons. The smallest absolute Gasteiger partial charge is 0.327 e. The summed E-state index contributed by atoms with van der Waals surface area (Å²) >= 11 is 0. The first-order valence-electron chi connectivity index (χ1n) is 5.42. The zero-order chi connectivity index (χ0) is 13.8. The summed E-state index contributed by atoms with van der Waals surface area (Å²) in [4.78, 5) is 9.85. The zero-order valence-electron chi connectivity index (χ0n) is 9.72. The van der Waals surface area contributed by atoms with Gasteiger partial charge in [-0.3, -0.25) is 14.8 Å². The Bertz CT molecular complexity index is 587. The molecule has 0 bridgehead atoms. The number of nitrogens with zero attached hydrogens (tertiary/aromatic N) is 3. The number of nitrogens with one attached hydrogen (secondary N) is 1. The molecule has 19 heavy (non-hydrogen) atoms. The molecule has 0 unspecified atom stereocenters. The van der Waals surface area contributed by atoms with Crippen LogP contribution in [-0.4, -0.2) is 21.2 Å². The van der Waals surface area contributed by atoms with Crippen LogP contribution in [0.3, 0.4) is 0 Å². The summed E-state index contributed by atoms with van der Waals surface area (Å²) in [5, 5.41) is 17.3. The highest BCUT2D eigenvalue weighted by Gasteiger charge is 2.21. The maximum atomic E-state index is 13.3. The van der Waals surface area contributed by atoms with Crippen LogP contribution in [0.5, 0.6) is 0 Å². The lowest BCUT2D eigenvalue weighted by Crippen LogP contribution is -2.12. The number of aromatic nitrogens is 2. The Labute approximate surface area is 106 Å². The standard InChI is InChI=1S/C11H10F2N4O2/c12-8-6-9(13)11(17(18)19)10(7-8)14-3-5-16-4-1-2-15-16/h1-2,4,6-7,14H,3,5H2. The highest BCUT2D eigenvalue weighted by Crippen LogP contribution is 2.28. The molecule has 0 aliphatic rings. The van der Waals surface area contributed by atoms with Crippen LogP contribution < -0.4 is 5.32 Å². The molecule has 1 aromatic heterocycles. The van der Waals surface area contributed by atoms with Crippen LogP contribution in [-0.2, 0) is 6.54 Å². The van der Waals surface area contributed by atoms with Gasteiger partial charge in [0.1, 0.15) is 11.5 Å². The summed E-state index contributed by atoms with van der Waals surface area (Å²) in [6.07, 6.45) is 3.30. The molecule has 2 aromatic rings. The molecule has 2 rings (SSSR count). The van der Waals surface area contributed by atoms with Gasteiger partial charge in [0.05, 0.1) is 11.5 Å². The summed E-state index contributed by atoms with van der Waals surface area (Å²) in [6, 6.07) is 3.10. The lowest BCUT2D eigenvalue weighted by molar-refractivity contribution is -0.386. The number of anilines is 1. The van der Waals surface area contributed by atoms with E-state index in [1.165, 1.54) is 0 Å². The quantitative estimate of drug-likeness (QED) is 0.666. The molecular weight excluding hydrogens is 258 g/mol. The van der Waals surface area contributed by atoms with Crippen LogP contribution >= 0.6 is 0 Å². The number of benzene rings is 1. The number of rotatable bonds is 5. The van der Waals surface area contributed by atoms with Gasteiger partial charge in [-0.15, -0.1) is 0 Å². The molecule has 1 aromatic carbocycles. The van der Waals surface area contributed by atoms with Crippen molar-refractivity contribution in [3.63, 3.8) is 0 Å². The maximum Gasteiger partial charge on any atom is 0.327 e. The van der Waals surface area contributed by atoms with Gasteiger partial charge in [-0.2, -0.15) is 9.49 Å². The molecule has 6 nitrogen and oxygen atoms in total. The molecule has 0 aliphatic carbocycles. The van der Waals surface area contributed by atoms with Crippen molar-refractivity contribution in [3.05, 3.63) is 52.3 Å². The number of nitro benzene ring substituents is 1. The van der Waals surface area contributed by atoms with Crippen molar-refractivity contribution >= 4 is 11.4 Å². The van der Waals surface area contributed by atoms with Crippen molar-refractivity contribution in [1.82, 2.24) is 9.78 Å². The maximum absolute atomic E-state index is 13.3. The second kappa shape index (κ2) is 5.42. The molecule has 0 spiro atoms. The van der Waals surface area contributed by atoms with E-state index < -0.39 is 22.2 Å². The Morgan fingerprint density at radius 3 is 2.84 bits per heavy atom. The van der Waals surface area contributed by atoms with Gasteiger partial charge in [0.25, 0.3) is 0 Å². The van der Waals surface area contributed by atoms with E-state index in [1.807, 2.05) is 0 Å². The summed E-state index contributed by atoms with van der Waals surface area (Å²) in [5.74, 6) is -2.07. The molecule has 0 amide bonds. The van der Waals surface area contributed by atoms with E-state index in [1.54, 1.807) is 23.1 Å². The van der Waals surface area contributed by atoms with Crippen LogP contribution in [0.15, 0.2) is 30.6 Å². The van der Waals surface area contributed by atoms with E-state index in [0.29, 0.717) is 12.6 Å². The predicted molar refractivity (Wildman–Crippen MR) is 63.7 cm³/mol. The Morgan fingerprint density at radius 2 is 2.21 bits per heavy atom. The van der Waals surface area contributed by atoms with E-state index in [0.717, 1.165) is 6.07 Å². The van der Waals surface area contributed by atoms with E-state index in [-0.39, 0.29) is 12.2 Å². The van der Waals surface area contributed by atoms with Gasteiger partial charge in [-0.1, -0.05) is 0 Å². The third kappa shape index (κ3) is 3.03. The number of hydrogen-bond acceptors (Lipinski definition) is 4. The minimum Gasteiger partial charge on any atom is -0.377 e. The predicted octanol–water partition coefficient (Wildman–Crippen LogP) is 2.18. The van der Waals surface area contributed by atoms with Crippen molar-refractivity contribution in [2.24, 2.45) is 0 Å². The highest BCUT2D eigenvalue weighted by molar-refractivity contribution is 5.62. The molecule has 0 fully saturated rings. The fraction of sp³-hybridized carbons (Fsp3) is 0.182. The van der Waals surface area contributed by atoms with Gasteiger partial charge in [0.2, 0.25) is 5.82 Å². The van der Waals surface area contributed by atoms with Crippen molar-refractivity contribution in [3.8, 4) is 0 Å². The molecule has 1 N–H and O–H groups in total. The van der Waals surface area contributed by atoms with Crippen LogP contribution in [0.1, 0.15) is 0 Å². The van der Waals surface area contributed by atoms with Gasteiger partial charge in [0, 0.05) is 31.1 Å². The van der Waals surface area contributed by atoms with Crippen LogP contribution in [0.25, 0.3) is 0 Å². The van der Waals surface area contributed by atoms with Gasteiger partial charge in [-0.25, -0.2) is 4.39 Å². The Morgan fingerprint density at radius 1 is 1.42 bits per heavy atom. The normalized spacial score (nSPS) is 10.4. The summed E-state index contributed by atoms with van der Waals surface area (Å²) in [5.41, 5.74) is -0.948. The highest BCUT2D eigenvalue weighted by atomic mass is 19.1. The monoisotopic (exact) mass is 268 g/mol. The minimum absolute atomic E-state index is 0.186. The van der Waals surface area contributed by atoms with Gasteiger partial charge in [-0.05, 0) is 6.07 Å².